The number of halogens is 3. The molecule has 0 unspecified atom stereocenters. The summed E-state index contributed by atoms with van der Waals surface area (Å²) >= 11 is 11.4. The van der Waals surface area contributed by atoms with Crippen molar-refractivity contribution in [3.05, 3.63) is 63.9 Å². The second-order valence-electron chi connectivity index (χ2n) is 4.39. The Morgan fingerprint density at radius 2 is 1.73 bits per heavy atom. The molecule has 0 atom stereocenters. The van der Waals surface area contributed by atoms with E-state index in [1.165, 1.54) is 12.1 Å². The summed E-state index contributed by atoms with van der Waals surface area (Å²) in [5.41, 5.74) is 0.624. The van der Waals surface area contributed by atoms with Crippen LogP contribution in [0.25, 0.3) is 0 Å². The van der Waals surface area contributed by atoms with Gasteiger partial charge in [-0.05, 0) is 35.9 Å². The fourth-order valence-corrected chi connectivity index (χ4v) is 2.05. The van der Waals surface area contributed by atoms with Crippen molar-refractivity contribution in [2.24, 2.45) is 0 Å². The summed E-state index contributed by atoms with van der Waals surface area (Å²) in [5.74, 6) is -2.57. The number of rotatable bonds is 3. The Kier molecular flexibility index (Phi) is 5.35. The molecule has 2 N–H and O–H groups in total. The van der Waals surface area contributed by atoms with Crippen molar-refractivity contribution in [3.63, 3.8) is 0 Å². The van der Waals surface area contributed by atoms with Crippen molar-refractivity contribution < 1.29 is 14.0 Å². The van der Waals surface area contributed by atoms with Gasteiger partial charge in [-0.25, -0.2) is 4.39 Å². The van der Waals surface area contributed by atoms with E-state index in [0.29, 0.717) is 5.02 Å². The Morgan fingerprint density at radius 1 is 1.00 bits per heavy atom. The molecule has 7 heteroatoms. The predicted octanol–water partition coefficient (Wildman–Crippen LogP) is 3.39. The minimum absolute atomic E-state index is 0.118. The lowest BCUT2D eigenvalue weighted by Crippen LogP contribution is -2.35. The van der Waals surface area contributed by atoms with E-state index in [4.69, 9.17) is 23.2 Å². The quantitative estimate of drug-likeness (QED) is 0.841. The van der Waals surface area contributed by atoms with Crippen molar-refractivity contribution in [1.82, 2.24) is 5.32 Å². The van der Waals surface area contributed by atoms with Crippen molar-refractivity contribution in [2.75, 3.05) is 5.32 Å². The number of nitrogens with one attached hydrogen (secondary N) is 2. The molecule has 22 heavy (non-hydrogen) atoms. The van der Waals surface area contributed by atoms with Gasteiger partial charge in [0.2, 0.25) is 0 Å². The molecule has 4 nitrogen and oxygen atoms in total. The molecule has 0 heterocycles. The molecule has 0 bridgehead atoms. The first kappa shape index (κ1) is 16.3. The number of carbonyl (C=O) groups excluding carboxylic acids is 2. The highest BCUT2D eigenvalue weighted by Gasteiger charge is 2.15. The van der Waals surface area contributed by atoms with E-state index < -0.39 is 17.6 Å². The molecule has 0 radical (unpaired) electrons. The van der Waals surface area contributed by atoms with Crippen LogP contribution in [0.4, 0.5) is 10.1 Å². The van der Waals surface area contributed by atoms with Crippen LogP contribution < -0.4 is 10.6 Å². The maximum absolute atomic E-state index is 13.5. The van der Waals surface area contributed by atoms with Gasteiger partial charge in [0.15, 0.2) is 0 Å². The third-order valence-corrected chi connectivity index (χ3v) is 3.20. The van der Waals surface area contributed by atoms with Crippen LogP contribution in [0.15, 0.2) is 42.5 Å². The van der Waals surface area contributed by atoms with Crippen molar-refractivity contribution in [2.45, 2.75) is 6.54 Å². The van der Waals surface area contributed by atoms with E-state index in [2.05, 4.69) is 10.6 Å². The van der Waals surface area contributed by atoms with Gasteiger partial charge in [-0.2, -0.15) is 0 Å². The average Bonchev–Trinajstić information content (AvgIpc) is 2.47. The predicted molar refractivity (Wildman–Crippen MR) is 83.3 cm³/mol. The number of anilines is 1. The average molecular weight is 341 g/mol. The molecule has 0 fully saturated rings. The zero-order valence-corrected chi connectivity index (χ0v) is 12.7. The lowest BCUT2D eigenvalue weighted by Gasteiger charge is -2.08. The van der Waals surface area contributed by atoms with Crippen LogP contribution in [0.1, 0.15) is 5.56 Å². The minimum Gasteiger partial charge on any atom is -0.344 e. The number of hydrogen-bond acceptors (Lipinski definition) is 2. The van der Waals surface area contributed by atoms with Crippen molar-refractivity contribution in [3.8, 4) is 0 Å². The highest BCUT2D eigenvalue weighted by molar-refractivity contribution is 6.39. The van der Waals surface area contributed by atoms with E-state index in [9.17, 15) is 14.0 Å². The Labute approximate surface area is 136 Å². The fourth-order valence-electron chi connectivity index (χ4n) is 1.68. The number of amides is 2. The zero-order chi connectivity index (χ0) is 16.1. The summed E-state index contributed by atoms with van der Waals surface area (Å²) in [6, 6.07) is 10.6. The lowest BCUT2D eigenvalue weighted by molar-refractivity contribution is -0.136. The van der Waals surface area contributed by atoms with Crippen LogP contribution in [-0.4, -0.2) is 11.8 Å². The van der Waals surface area contributed by atoms with E-state index in [-0.39, 0.29) is 17.3 Å². The standard InChI is InChI=1S/C15H11Cl2FN2O2/c16-10-3-1-2-9(6-10)8-19-14(21)15(22)20-13-5-4-11(17)7-12(13)18/h1-7H,8H2,(H,19,21)(H,20,22). The van der Waals surface area contributed by atoms with Crippen LogP contribution in [0.2, 0.25) is 10.0 Å². The van der Waals surface area contributed by atoms with Crippen LogP contribution in [0, 0.1) is 5.82 Å². The van der Waals surface area contributed by atoms with Gasteiger partial charge in [-0.3, -0.25) is 9.59 Å². The van der Waals surface area contributed by atoms with Gasteiger partial charge in [0.05, 0.1) is 5.69 Å². The van der Waals surface area contributed by atoms with E-state index in [1.807, 2.05) is 0 Å². The maximum atomic E-state index is 13.5. The highest BCUT2D eigenvalue weighted by atomic mass is 35.5. The molecule has 0 spiro atoms. The van der Waals surface area contributed by atoms with E-state index >= 15 is 0 Å². The Hall–Kier alpha value is -2.11. The third-order valence-electron chi connectivity index (χ3n) is 2.73. The van der Waals surface area contributed by atoms with Crippen molar-refractivity contribution >= 4 is 40.7 Å². The summed E-state index contributed by atoms with van der Waals surface area (Å²) in [4.78, 5) is 23.4. The van der Waals surface area contributed by atoms with Crippen LogP contribution >= 0.6 is 23.2 Å². The van der Waals surface area contributed by atoms with Gasteiger partial charge < -0.3 is 10.6 Å². The SMILES string of the molecule is O=C(NCc1cccc(Cl)c1)C(=O)Nc1ccc(Cl)cc1F. The van der Waals surface area contributed by atoms with E-state index in [0.717, 1.165) is 11.6 Å². The molecule has 0 aromatic heterocycles. The molecule has 2 aromatic carbocycles. The monoisotopic (exact) mass is 340 g/mol. The summed E-state index contributed by atoms with van der Waals surface area (Å²) in [5, 5.41) is 5.32. The smallest absolute Gasteiger partial charge is 0.313 e. The second-order valence-corrected chi connectivity index (χ2v) is 5.26. The van der Waals surface area contributed by atoms with Crippen LogP contribution in [-0.2, 0) is 16.1 Å². The van der Waals surface area contributed by atoms with Gasteiger partial charge in [0.25, 0.3) is 0 Å². The summed E-state index contributed by atoms with van der Waals surface area (Å²) in [7, 11) is 0. The topological polar surface area (TPSA) is 58.2 Å². The molecule has 0 aliphatic carbocycles. The Morgan fingerprint density at radius 3 is 2.41 bits per heavy atom. The van der Waals surface area contributed by atoms with Gasteiger partial charge >= 0.3 is 11.8 Å². The maximum Gasteiger partial charge on any atom is 0.313 e. The number of carbonyl (C=O) groups is 2. The molecule has 0 saturated heterocycles. The highest BCUT2D eigenvalue weighted by Crippen LogP contribution is 2.18. The molecule has 2 rings (SSSR count). The van der Waals surface area contributed by atoms with Crippen LogP contribution in [0.5, 0.6) is 0 Å². The Balaban J connectivity index is 1.93. The Bertz CT molecular complexity index is 722. The third kappa shape index (κ3) is 4.44. The van der Waals surface area contributed by atoms with Crippen LogP contribution in [0.3, 0.4) is 0 Å². The summed E-state index contributed by atoms with van der Waals surface area (Å²) in [6.07, 6.45) is 0. The molecular weight excluding hydrogens is 330 g/mol. The normalized spacial score (nSPS) is 10.1. The molecular formula is C15H11Cl2FN2O2. The lowest BCUT2D eigenvalue weighted by atomic mass is 10.2. The molecule has 0 aliphatic heterocycles. The molecule has 114 valence electrons. The van der Waals surface area contributed by atoms with Gasteiger partial charge in [0, 0.05) is 16.6 Å². The first-order valence-electron chi connectivity index (χ1n) is 6.24. The molecule has 2 aromatic rings. The van der Waals surface area contributed by atoms with Gasteiger partial charge in [0.1, 0.15) is 5.82 Å². The largest absolute Gasteiger partial charge is 0.344 e. The minimum atomic E-state index is -0.969. The van der Waals surface area contributed by atoms with Gasteiger partial charge in [-0.15, -0.1) is 0 Å². The second kappa shape index (κ2) is 7.24. The van der Waals surface area contributed by atoms with E-state index in [1.54, 1.807) is 24.3 Å². The summed E-state index contributed by atoms with van der Waals surface area (Å²) < 4.78 is 13.5. The molecule has 0 saturated carbocycles. The molecule has 0 aliphatic rings. The summed E-state index contributed by atoms with van der Waals surface area (Å²) in [6.45, 7) is 0.135. The first-order valence-corrected chi connectivity index (χ1v) is 7.00. The van der Waals surface area contributed by atoms with Crippen molar-refractivity contribution in [1.29, 1.82) is 0 Å². The molecule has 2 amide bonds. The number of benzene rings is 2. The first-order chi connectivity index (χ1) is 10.5. The fraction of sp³-hybridized carbons (Fsp3) is 0.0667. The number of hydrogen-bond donors (Lipinski definition) is 2. The van der Waals surface area contributed by atoms with Gasteiger partial charge in [-0.1, -0.05) is 35.3 Å². The zero-order valence-electron chi connectivity index (χ0n) is 11.2.